The monoisotopic (exact) mass is 282 g/mol. The van der Waals surface area contributed by atoms with E-state index in [1.807, 2.05) is 5.32 Å². The molecule has 4 nitrogen and oxygen atoms in total. The van der Waals surface area contributed by atoms with Gasteiger partial charge in [-0.1, -0.05) is 0 Å². The van der Waals surface area contributed by atoms with E-state index in [4.69, 9.17) is 11.0 Å². The quantitative estimate of drug-likeness (QED) is 0.656. The van der Waals surface area contributed by atoms with Gasteiger partial charge in [-0.2, -0.15) is 5.26 Å². The lowest BCUT2D eigenvalue weighted by molar-refractivity contribution is 0.459. The van der Waals surface area contributed by atoms with Crippen LogP contribution in [0.15, 0.2) is 18.3 Å². The third-order valence-electron chi connectivity index (χ3n) is 2.47. The summed E-state index contributed by atoms with van der Waals surface area (Å²) in [4.78, 5) is 3.66. The van der Waals surface area contributed by atoms with E-state index in [-0.39, 0.29) is 23.1 Å². The highest BCUT2D eigenvalue weighted by atomic mass is 19.2. The Balaban J connectivity index is 2.54. The molecule has 3 N–H and O–H groups in total. The second kappa shape index (κ2) is 5.05. The zero-order chi connectivity index (χ0) is 14.9. The minimum atomic E-state index is -1.62. The van der Waals surface area contributed by atoms with Crippen LogP contribution in [-0.2, 0) is 0 Å². The number of hydrogen-bond acceptors (Lipinski definition) is 4. The first-order valence-corrected chi connectivity index (χ1v) is 5.20. The standard InChI is InChI=1S/C12H6F4N4/c13-6-3-7(14)9(16)11(8(6)15)20-12-10(18)5(4-17)1-2-19-12/h1-3H,18H2,(H,19,20). The molecule has 1 heterocycles. The van der Waals surface area contributed by atoms with Crippen LogP contribution in [0.3, 0.4) is 0 Å². The fraction of sp³-hybridized carbons (Fsp3) is 0. The van der Waals surface area contributed by atoms with Crippen molar-refractivity contribution in [3.63, 3.8) is 0 Å². The molecule has 0 fully saturated rings. The Kier molecular flexibility index (Phi) is 3.43. The molecule has 0 atom stereocenters. The first kappa shape index (κ1) is 13.6. The zero-order valence-corrected chi connectivity index (χ0v) is 9.72. The Bertz CT molecular complexity index is 698. The van der Waals surface area contributed by atoms with Crippen molar-refractivity contribution < 1.29 is 17.6 Å². The van der Waals surface area contributed by atoms with Crippen molar-refractivity contribution >= 4 is 17.2 Å². The lowest BCUT2D eigenvalue weighted by Crippen LogP contribution is -2.06. The minimum absolute atomic E-state index is 0.000177. The number of anilines is 3. The van der Waals surface area contributed by atoms with Gasteiger partial charge in [0.05, 0.1) is 11.3 Å². The van der Waals surface area contributed by atoms with Crippen LogP contribution in [0.25, 0.3) is 0 Å². The third-order valence-corrected chi connectivity index (χ3v) is 2.47. The van der Waals surface area contributed by atoms with Gasteiger partial charge in [0.2, 0.25) is 0 Å². The zero-order valence-electron chi connectivity index (χ0n) is 9.72. The van der Waals surface area contributed by atoms with Crippen LogP contribution in [0.1, 0.15) is 5.56 Å². The Morgan fingerprint density at radius 3 is 2.30 bits per heavy atom. The average Bonchev–Trinajstić information content (AvgIpc) is 2.43. The van der Waals surface area contributed by atoms with Crippen molar-refractivity contribution in [3.05, 3.63) is 47.2 Å². The van der Waals surface area contributed by atoms with Gasteiger partial charge in [0.15, 0.2) is 29.1 Å². The molecule has 102 valence electrons. The van der Waals surface area contributed by atoms with Crippen LogP contribution in [0.4, 0.5) is 34.8 Å². The van der Waals surface area contributed by atoms with Crippen LogP contribution >= 0.6 is 0 Å². The summed E-state index contributed by atoms with van der Waals surface area (Å²) < 4.78 is 53.0. The highest BCUT2D eigenvalue weighted by Gasteiger charge is 2.20. The highest BCUT2D eigenvalue weighted by molar-refractivity contribution is 5.74. The van der Waals surface area contributed by atoms with Gasteiger partial charge in [0, 0.05) is 12.3 Å². The summed E-state index contributed by atoms with van der Waals surface area (Å²) in [5, 5.41) is 10.8. The van der Waals surface area contributed by atoms with Gasteiger partial charge in [0.1, 0.15) is 11.8 Å². The van der Waals surface area contributed by atoms with E-state index in [0.717, 1.165) is 6.20 Å². The number of benzene rings is 1. The third kappa shape index (κ3) is 2.21. The number of rotatable bonds is 2. The molecule has 0 unspecified atom stereocenters. The Labute approximate surface area is 110 Å². The number of nitrogens with zero attached hydrogens (tertiary/aromatic N) is 2. The van der Waals surface area contributed by atoms with Crippen molar-refractivity contribution in [3.8, 4) is 6.07 Å². The van der Waals surface area contributed by atoms with Crippen LogP contribution < -0.4 is 11.1 Å². The fourth-order valence-corrected chi connectivity index (χ4v) is 1.47. The number of aromatic nitrogens is 1. The lowest BCUT2D eigenvalue weighted by Gasteiger charge is -2.11. The number of nitrogens with two attached hydrogens (primary N) is 1. The van der Waals surface area contributed by atoms with Gasteiger partial charge in [-0.15, -0.1) is 0 Å². The van der Waals surface area contributed by atoms with E-state index in [1.54, 1.807) is 6.07 Å². The average molecular weight is 282 g/mol. The molecule has 0 spiro atoms. The first-order chi connectivity index (χ1) is 9.45. The smallest absolute Gasteiger partial charge is 0.185 e. The first-order valence-electron chi connectivity index (χ1n) is 5.20. The second-order valence-corrected chi connectivity index (χ2v) is 3.70. The van der Waals surface area contributed by atoms with Gasteiger partial charge in [-0.05, 0) is 6.07 Å². The number of pyridine rings is 1. The molecule has 0 radical (unpaired) electrons. The normalized spacial score (nSPS) is 10.2. The molecule has 0 aliphatic rings. The molecular weight excluding hydrogens is 276 g/mol. The van der Waals surface area contributed by atoms with Gasteiger partial charge >= 0.3 is 0 Å². The fourth-order valence-electron chi connectivity index (χ4n) is 1.47. The molecule has 2 rings (SSSR count). The summed E-state index contributed by atoms with van der Waals surface area (Å²) in [5.74, 6) is -6.66. The number of halogens is 4. The number of nitrogen functional groups attached to an aromatic ring is 1. The Morgan fingerprint density at radius 2 is 1.75 bits per heavy atom. The maximum atomic E-state index is 13.5. The van der Waals surface area contributed by atoms with E-state index in [9.17, 15) is 17.6 Å². The van der Waals surface area contributed by atoms with Crippen molar-refractivity contribution in [2.24, 2.45) is 0 Å². The largest absolute Gasteiger partial charge is 0.395 e. The molecule has 0 aliphatic carbocycles. The van der Waals surface area contributed by atoms with E-state index in [0.29, 0.717) is 0 Å². The van der Waals surface area contributed by atoms with Crippen molar-refractivity contribution in [2.45, 2.75) is 0 Å². The Morgan fingerprint density at radius 1 is 1.15 bits per heavy atom. The topological polar surface area (TPSA) is 74.7 Å². The molecule has 0 amide bonds. The second-order valence-electron chi connectivity index (χ2n) is 3.70. The van der Waals surface area contributed by atoms with E-state index in [1.165, 1.54) is 6.07 Å². The van der Waals surface area contributed by atoms with Crippen molar-refractivity contribution in [1.82, 2.24) is 4.98 Å². The summed E-state index contributed by atoms with van der Waals surface area (Å²) in [6.45, 7) is 0. The van der Waals surface area contributed by atoms with Crippen LogP contribution in [0.5, 0.6) is 0 Å². The van der Waals surface area contributed by atoms with Crippen LogP contribution in [0.2, 0.25) is 0 Å². The van der Waals surface area contributed by atoms with Gasteiger partial charge < -0.3 is 11.1 Å². The molecule has 8 heteroatoms. The molecule has 0 saturated carbocycles. The maximum absolute atomic E-state index is 13.5. The molecule has 1 aromatic carbocycles. The van der Waals surface area contributed by atoms with Crippen LogP contribution in [-0.4, -0.2) is 4.98 Å². The SMILES string of the molecule is N#Cc1ccnc(Nc2c(F)c(F)cc(F)c2F)c1N. The minimum Gasteiger partial charge on any atom is -0.395 e. The molecule has 0 aliphatic heterocycles. The van der Waals surface area contributed by atoms with Crippen molar-refractivity contribution in [2.75, 3.05) is 11.1 Å². The molecular formula is C12H6F4N4. The highest BCUT2D eigenvalue weighted by Crippen LogP contribution is 2.29. The maximum Gasteiger partial charge on any atom is 0.185 e. The van der Waals surface area contributed by atoms with Crippen molar-refractivity contribution in [1.29, 1.82) is 5.26 Å². The van der Waals surface area contributed by atoms with Gasteiger partial charge in [-0.3, -0.25) is 0 Å². The predicted octanol–water partition coefficient (Wildman–Crippen LogP) is 2.84. The molecule has 0 saturated heterocycles. The van der Waals surface area contributed by atoms with Crippen LogP contribution in [0, 0.1) is 34.6 Å². The van der Waals surface area contributed by atoms with E-state index in [2.05, 4.69) is 4.98 Å². The predicted molar refractivity (Wildman–Crippen MR) is 62.9 cm³/mol. The Hall–Kier alpha value is -2.82. The summed E-state index contributed by atoms with van der Waals surface area (Å²) in [6, 6.07) is 3.09. The summed E-state index contributed by atoms with van der Waals surface area (Å²) in [5.41, 5.74) is 4.27. The number of nitriles is 1. The summed E-state index contributed by atoms with van der Waals surface area (Å²) >= 11 is 0. The number of hydrogen-bond donors (Lipinski definition) is 2. The van der Waals surface area contributed by atoms with Gasteiger partial charge in [-0.25, -0.2) is 22.5 Å². The van der Waals surface area contributed by atoms with E-state index >= 15 is 0 Å². The molecule has 0 bridgehead atoms. The summed E-state index contributed by atoms with van der Waals surface area (Å²) in [6.07, 6.45) is 1.16. The molecule has 20 heavy (non-hydrogen) atoms. The summed E-state index contributed by atoms with van der Waals surface area (Å²) in [7, 11) is 0. The molecule has 2 aromatic rings. The van der Waals surface area contributed by atoms with E-state index < -0.39 is 29.0 Å². The number of nitrogens with one attached hydrogen (secondary N) is 1. The van der Waals surface area contributed by atoms with Gasteiger partial charge in [0.25, 0.3) is 0 Å². The molecule has 1 aromatic heterocycles. The lowest BCUT2D eigenvalue weighted by atomic mass is 10.2.